The highest BCUT2D eigenvalue weighted by molar-refractivity contribution is 6.07. The molecule has 3 aromatic carbocycles. The number of para-hydroxylation sites is 1. The minimum Gasteiger partial charge on any atom is -0.352 e. The van der Waals surface area contributed by atoms with Gasteiger partial charge in [-0.3, -0.25) is 9.59 Å². The van der Waals surface area contributed by atoms with Crippen LogP contribution in [-0.4, -0.2) is 24.9 Å². The van der Waals surface area contributed by atoms with Crippen molar-refractivity contribution in [3.63, 3.8) is 0 Å². The van der Waals surface area contributed by atoms with Crippen LogP contribution < -0.4 is 10.2 Å². The van der Waals surface area contributed by atoms with Crippen LogP contribution in [0.2, 0.25) is 0 Å². The second-order valence-corrected chi connectivity index (χ2v) is 6.65. The van der Waals surface area contributed by atoms with Crippen molar-refractivity contribution in [3.05, 3.63) is 78.4 Å². The quantitative estimate of drug-likeness (QED) is 0.786. The summed E-state index contributed by atoms with van der Waals surface area (Å²) in [4.78, 5) is 26.7. The number of carbonyl (C=O) groups is 2. The van der Waals surface area contributed by atoms with Gasteiger partial charge in [-0.05, 0) is 29.0 Å². The first-order chi connectivity index (χ1) is 12.7. The van der Waals surface area contributed by atoms with Gasteiger partial charge in [0.2, 0.25) is 5.91 Å². The van der Waals surface area contributed by atoms with E-state index in [4.69, 9.17) is 0 Å². The molecule has 0 radical (unpaired) electrons. The normalized spacial score (nSPS) is 16.8. The lowest BCUT2D eigenvalue weighted by Gasteiger charge is -2.17. The summed E-state index contributed by atoms with van der Waals surface area (Å²) >= 11 is 0. The molecule has 0 spiro atoms. The van der Waals surface area contributed by atoms with Gasteiger partial charge in [-0.2, -0.15) is 0 Å². The number of nitrogens with zero attached hydrogens (tertiary/aromatic N) is 1. The first-order valence-corrected chi connectivity index (χ1v) is 8.84. The molecule has 0 aromatic heterocycles. The van der Waals surface area contributed by atoms with E-state index in [9.17, 15) is 9.59 Å². The summed E-state index contributed by atoms with van der Waals surface area (Å²) < 4.78 is 0. The van der Waals surface area contributed by atoms with Crippen molar-refractivity contribution in [1.82, 2.24) is 5.32 Å². The molecule has 0 saturated carbocycles. The van der Waals surface area contributed by atoms with Crippen molar-refractivity contribution in [3.8, 4) is 0 Å². The van der Waals surface area contributed by atoms with Crippen molar-refractivity contribution in [1.29, 1.82) is 0 Å². The third kappa shape index (κ3) is 3.18. The molecule has 1 heterocycles. The SMILES string of the molecule is O=C(NCC1CC(=O)N(c2ccccc2)C1)c1cccc2ccccc12. The highest BCUT2D eigenvalue weighted by Crippen LogP contribution is 2.24. The minimum absolute atomic E-state index is 0.0904. The van der Waals surface area contributed by atoms with Gasteiger partial charge in [0.25, 0.3) is 5.91 Å². The second kappa shape index (κ2) is 7.00. The third-order valence-corrected chi connectivity index (χ3v) is 4.86. The fourth-order valence-corrected chi connectivity index (χ4v) is 3.53. The van der Waals surface area contributed by atoms with E-state index in [0.717, 1.165) is 16.5 Å². The standard InChI is InChI=1S/C22H20N2O2/c25-21-13-16(15-24(21)18-9-2-1-3-10-18)14-23-22(26)20-12-6-8-17-7-4-5-11-19(17)20/h1-12,16H,13-15H2,(H,23,26). The molecule has 0 bridgehead atoms. The molecular weight excluding hydrogens is 324 g/mol. The molecule has 4 heteroatoms. The lowest BCUT2D eigenvalue weighted by molar-refractivity contribution is -0.117. The number of benzene rings is 3. The Bertz CT molecular complexity index is 947. The molecule has 1 fully saturated rings. The number of fused-ring (bicyclic) bond motifs is 1. The molecular formula is C22H20N2O2. The van der Waals surface area contributed by atoms with Crippen LogP contribution in [0, 0.1) is 5.92 Å². The molecule has 1 N–H and O–H groups in total. The van der Waals surface area contributed by atoms with Gasteiger partial charge >= 0.3 is 0 Å². The first-order valence-electron chi connectivity index (χ1n) is 8.84. The van der Waals surface area contributed by atoms with Crippen LogP contribution in [0.5, 0.6) is 0 Å². The summed E-state index contributed by atoms with van der Waals surface area (Å²) in [6.07, 6.45) is 0.463. The molecule has 1 unspecified atom stereocenters. The number of anilines is 1. The first kappa shape index (κ1) is 16.3. The van der Waals surface area contributed by atoms with Gasteiger partial charge in [0.05, 0.1) is 0 Å². The van der Waals surface area contributed by atoms with Crippen LogP contribution in [0.4, 0.5) is 5.69 Å². The van der Waals surface area contributed by atoms with Gasteiger partial charge in [0.1, 0.15) is 0 Å². The highest BCUT2D eigenvalue weighted by atomic mass is 16.2. The molecule has 130 valence electrons. The van der Waals surface area contributed by atoms with Crippen LogP contribution in [0.3, 0.4) is 0 Å². The number of rotatable bonds is 4. The maximum atomic E-state index is 12.6. The van der Waals surface area contributed by atoms with Gasteiger partial charge in [-0.15, -0.1) is 0 Å². The topological polar surface area (TPSA) is 49.4 Å². The molecule has 1 aliphatic rings. The predicted molar refractivity (Wildman–Crippen MR) is 103 cm³/mol. The maximum Gasteiger partial charge on any atom is 0.251 e. The van der Waals surface area contributed by atoms with Gasteiger partial charge in [0.15, 0.2) is 0 Å². The average molecular weight is 344 g/mol. The predicted octanol–water partition coefficient (Wildman–Crippen LogP) is 3.62. The molecule has 26 heavy (non-hydrogen) atoms. The summed E-state index contributed by atoms with van der Waals surface area (Å²) in [5.74, 6) is 0.148. The summed E-state index contributed by atoms with van der Waals surface area (Å²) in [7, 11) is 0. The third-order valence-electron chi connectivity index (χ3n) is 4.86. The largest absolute Gasteiger partial charge is 0.352 e. The van der Waals surface area contributed by atoms with Gasteiger partial charge < -0.3 is 10.2 Å². The van der Waals surface area contributed by atoms with Crippen LogP contribution in [0.25, 0.3) is 10.8 Å². The van der Waals surface area contributed by atoms with Gasteiger partial charge in [-0.1, -0.05) is 54.6 Å². The smallest absolute Gasteiger partial charge is 0.251 e. The Balaban J connectivity index is 1.43. The van der Waals surface area contributed by atoms with Crippen LogP contribution in [0.1, 0.15) is 16.8 Å². The zero-order valence-corrected chi connectivity index (χ0v) is 14.4. The van der Waals surface area contributed by atoms with Crippen molar-refractivity contribution in [2.24, 2.45) is 5.92 Å². The van der Waals surface area contributed by atoms with E-state index in [1.165, 1.54) is 0 Å². The Hall–Kier alpha value is -3.14. The van der Waals surface area contributed by atoms with Gasteiger partial charge in [0, 0.05) is 36.7 Å². The fraction of sp³-hybridized carbons (Fsp3) is 0.182. The van der Waals surface area contributed by atoms with E-state index < -0.39 is 0 Å². The Morgan fingerprint density at radius 1 is 0.962 bits per heavy atom. The number of nitrogens with one attached hydrogen (secondary N) is 1. The van der Waals surface area contributed by atoms with E-state index in [2.05, 4.69) is 5.32 Å². The number of hydrogen-bond acceptors (Lipinski definition) is 2. The monoisotopic (exact) mass is 344 g/mol. The van der Waals surface area contributed by atoms with Crippen LogP contribution in [0.15, 0.2) is 72.8 Å². The Labute approximate surface area is 152 Å². The van der Waals surface area contributed by atoms with E-state index in [1.54, 1.807) is 4.90 Å². The molecule has 1 aliphatic heterocycles. The Morgan fingerprint density at radius 2 is 1.69 bits per heavy atom. The minimum atomic E-state index is -0.0904. The lowest BCUT2D eigenvalue weighted by Crippen LogP contribution is -2.31. The zero-order valence-electron chi connectivity index (χ0n) is 14.4. The fourth-order valence-electron chi connectivity index (χ4n) is 3.53. The van der Waals surface area contributed by atoms with Crippen molar-refractivity contribution in [2.45, 2.75) is 6.42 Å². The molecule has 0 aliphatic carbocycles. The molecule has 1 atom stereocenters. The molecule has 3 aromatic rings. The molecule has 1 saturated heterocycles. The highest BCUT2D eigenvalue weighted by Gasteiger charge is 2.30. The molecule has 2 amide bonds. The van der Waals surface area contributed by atoms with Crippen molar-refractivity contribution < 1.29 is 9.59 Å². The maximum absolute atomic E-state index is 12.6. The Kier molecular flexibility index (Phi) is 4.40. The molecule has 4 rings (SSSR count). The van der Waals surface area contributed by atoms with E-state index in [1.807, 2.05) is 72.8 Å². The second-order valence-electron chi connectivity index (χ2n) is 6.65. The summed E-state index contributed by atoms with van der Waals surface area (Å²) in [5.41, 5.74) is 1.59. The van der Waals surface area contributed by atoms with E-state index in [0.29, 0.717) is 25.1 Å². The Morgan fingerprint density at radius 3 is 2.54 bits per heavy atom. The van der Waals surface area contributed by atoms with Crippen LogP contribution in [-0.2, 0) is 4.79 Å². The zero-order chi connectivity index (χ0) is 17.9. The summed E-state index contributed by atoms with van der Waals surface area (Å²) in [6.45, 7) is 1.13. The number of carbonyl (C=O) groups excluding carboxylic acids is 2. The van der Waals surface area contributed by atoms with E-state index >= 15 is 0 Å². The van der Waals surface area contributed by atoms with E-state index in [-0.39, 0.29) is 17.7 Å². The van der Waals surface area contributed by atoms with Crippen LogP contribution >= 0.6 is 0 Å². The van der Waals surface area contributed by atoms with Crippen molar-refractivity contribution in [2.75, 3.05) is 18.0 Å². The summed E-state index contributed by atoms with van der Waals surface area (Å²) in [5, 5.41) is 5.00. The van der Waals surface area contributed by atoms with Crippen molar-refractivity contribution >= 4 is 28.3 Å². The number of hydrogen-bond donors (Lipinski definition) is 1. The average Bonchev–Trinajstić information content (AvgIpc) is 3.07. The number of amides is 2. The molecule has 4 nitrogen and oxygen atoms in total. The van der Waals surface area contributed by atoms with Gasteiger partial charge in [-0.25, -0.2) is 0 Å². The lowest BCUT2D eigenvalue weighted by atomic mass is 10.0. The summed E-state index contributed by atoms with van der Waals surface area (Å²) in [6, 6.07) is 23.3.